The molecule has 0 unspecified atom stereocenters. The lowest BCUT2D eigenvalue weighted by Crippen LogP contribution is -2.23. The van der Waals surface area contributed by atoms with E-state index in [0.29, 0.717) is 6.54 Å². The van der Waals surface area contributed by atoms with Gasteiger partial charge in [0.05, 0.1) is 5.69 Å². The summed E-state index contributed by atoms with van der Waals surface area (Å²) in [5, 5.41) is 6.92. The van der Waals surface area contributed by atoms with Crippen LogP contribution in [0.2, 0.25) is 0 Å². The quantitative estimate of drug-likeness (QED) is 0.917. The van der Waals surface area contributed by atoms with Crippen molar-refractivity contribution in [3.8, 4) is 5.69 Å². The fraction of sp³-hybridized carbons (Fsp3) is 0.333. The van der Waals surface area contributed by atoms with Gasteiger partial charge in [0.2, 0.25) is 5.95 Å². The summed E-state index contributed by atoms with van der Waals surface area (Å²) in [5.74, 6) is -1.27. The maximum atomic E-state index is 13.8. The summed E-state index contributed by atoms with van der Waals surface area (Å²) in [6, 6.07) is 3.05. The van der Waals surface area contributed by atoms with Crippen LogP contribution in [-0.2, 0) is 7.05 Å². The average molecular weight is 268 g/mol. The summed E-state index contributed by atoms with van der Waals surface area (Å²) in [6.45, 7) is 2.55. The van der Waals surface area contributed by atoms with Crippen LogP contribution in [0.1, 0.15) is 13.3 Å². The maximum absolute atomic E-state index is 13.8. The first kappa shape index (κ1) is 13.3. The normalized spacial score (nSPS) is 10.7. The zero-order chi connectivity index (χ0) is 14.0. The van der Waals surface area contributed by atoms with Gasteiger partial charge in [-0.3, -0.25) is 0 Å². The molecule has 0 saturated carbocycles. The van der Waals surface area contributed by atoms with Crippen LogP contribution in [0.25, 0.3) is 5.69 Å². The third-order valence-corrected chi connectivity index (χ3v) is 2.61. The van der Waals surface area contributed by atoms with E-state index >= 15 is 0 Å². The number of aromatic nitrogens is 3. The number of hydrogen-bond donors (Lipinski definition) is 1. The Morgan fingerprint density at radius 2 is 2.11 bits per heavy atom. The van der Waals surface area contributed by atoms with Gasteiger partial charge in [-0.2, -0.15) is 0 Å². The molecule has 7 heteroatoms. The van der Waals surface area contributed by atoms with Gasteiger partial charge in [-0.05, 0) is 18.6 Å². The van der Waals surface area contributed by atoms with Crippen LogP contribution in [0.4, 0.5) is 14.7 Å². The minimum atomic E-state index is -0.811. The molecule has 0 fully saturated rings. The summed E-state index contributed by atoms with van der Waals surface area (Å²) >= 11 is 0. The molecule has 1 heterocycles. The molecule has 0 saturated heterocycles. The number of rotatable bonds is 4. The number of benzene rings is 1. The summed E-state index contributed by atoms with van der Waals surface area (Å²) in [5.41, 5.74) is -0.526. The van der Waals surface area contributed by atoms with Crippen LogP contribution < -0.4 is 11.0 Å². The summed E-state index contributed by atoms with van der Waals surface area (Å²) in [6.07, 6.45) is 0.830. The van der Waals surface area contributed by atoms with Gasteiger partial charge < -0.3 is 5.32 Å². The van der Waals surface area contributed by atoms with Crippen molar-refractivity contribution < 1.29 is 8.78 Å². The van der Waals surface area contributed by atoms with E-state index in [4.69, 9.17) is 0 Å². The van der Waals surface area contributed by atoms with Gasteiger partial charge in [-0.25, -0.2) is 22.8 Å². The van der Waals surface area contributed by atoms with Crippen LogP contribution in [0.5, 0.6) is 0 Å². The molecule has 0 aliphatic heterocycles. The SMILES string of the molecule is CCCNc1nn(C)c(=O)n1-c1ccc(F)cc1F. The Kier molecular flexibility index (Phi) is 3.64. The van der Waals surface area contributed by atoms with Crippen LogP contribution in [-0.4, -0.2) is 20.9 Å². The first-order chi connectivity index (χ1) is 9.04. The van der Waals surface area contributed by atoms with Gasteiger partial charge in [-0.1, -0.05) is 6.92 Å². The Balaban J connectivity index is 2.57. The minimum Gasteiger partial charge on any atom is -0.354 e. The molecule has 0 bridgehead atoms. The monoisotopic (exact) mass is 268 g/mol. The second-order valence-electron chi connectivity index (χ2n) is 4.09. The first-order valence-corrected chi connectivity index (χ1v) is 5.90. The molecule has 1 aromatic heterocycles. The minimum absolute atomic E-state index is 0.0295. The molecule has 1 aromatic carbocycles. The Morgan fingerprint density at radius 1 is 1.37 bits per heavy atom. The molecule has 0 spiro atoms. The molecule has 0 amide bonds. The second-order valence-corrected chi connectivity index (χ2v) is 4.09. The van der Waals surface area contributed by atoms with Crippen LogP contribution in [0.3, 0.4) is 0 Å². The van der Waals surface area contributed by atoms with Gasteiger partial charge >= 0.3 is 5.69 Å². The Bertz CT molecular complexity index is 648. The maximum Gasteiger partial charge on any atom is 0.351 e. The number of anilines is 1. The van der Waals surface area contributed by atoms with Gasteiger partial charge in [0.25, 0.3) is 0 Å². The molecule has 1 N–H and O–H groups in total. The molecule has 2 aromatic rings. The third kappa shape index (κ3) is 2.49. The smallest absolute Gasteiger partial charge is 0.351 e. The van der Waals surface area contributed by atoms with Crippen molar-refractivity contribution >= 4 is 5.95 Å². The van der Waals surface area contributed by atoms with Crippen molar-refractivity contribution in [2.45, 2.75) is 13.3 Å². The lowest BCUT2D eigenvalue weighted by molar-refractivity contribution is 0.576. The molecule has 2 rings (SSSR count). The Hall–Kier alpha value is -2.18. The molecular formula is C12H14F2N4O. The highest BCUT2D eigenvalue weighted by Gasteiger charge is 2.16. The Labute approximate surface area is 108 Å². The standard InChI is InChI=1S/C12H14F2N4O/c1-3-6-15-11-16-17(2)12(19)18(11)10-5-4-8(13)7-9(10)14/h4-5,7H,3,6H2,1-2H3,(H,15,16). The van der Waals surface area contributed by atoms with Crippen LogP contribution in [0.15, 0.2) is 23.0 Å². The number of nitrogens with one attached hydrogen (secondary N) is 1. The lowest BCUT2D eigenvalue weighted by atomic mass is 10.3. The highest BCUT2D eigenvalue weighted by atomic mass is 19.1. The van der Waals surface area contributed by atoms with Crippen molar-refractivity contribution in [1.82, 2.24) is 14.3 Å². The van der Waals surface area contributed by atoms with E-state index in [2.05, 4.69) is 10.4 Å². The second kappa shape index (κ2) is 5.21. The lowest BCUT2D eigenvalue weighted by Gasteiger charge is -2.07. The van der Waals surface area contributed by atoms with Crippen molar-refractivity contribution in [3.63, 3.8) is 0 Å². The van der Waals surface area contributed by atoms with Crippen LogP contribution >= 0.6 is 0 Å². The highest BCUT2D eigenvalue weighted by Crippen LogP contribution is 2.16. The fourth-order valence-corrected chi connectivity index (χ4v) is 1.70. The number of halogens is 2. The van der Waals surface area contributed by atoms with Gasteiger partial charge in [-0.15, -0.1) is 5.10 Å². The van der Waals surface area contributed by atoms with Crippen molar-refractivity contribution in [2.75, 3.05) is 11.9 Å². The molecular weight excluding hydrogens is 254 g/mol. The van der Waals surface area contributed by atoms with Gasteiger partial charge in [0.1, 0.15) is 11.6 Å². The predicted octanol–water partition coefficient (Wildman–Crippen LogP) is 1.67. The van der Waals surface area contributed by atoms with E-state index in [1.807, 2.05) is 6.92 Å². The van der Waals surface area contributed by atoms with Crippen molar-refractivity contribution in [3.05, 3.63) is 40.3 Å². The summed E-state index contributed by atoms with van der Waals surface area (Å²) in [7, 11) is 1.47. The van der Waals surface area contributed by atoms with Gasteiger partial charge in [0, 0.05) is 19.7 Å². The molecule has 0 radical (unpaired) electrons. The van der Waals surface area contributed by atoms with Crippen molar-refractivity contribution in [1.29, 1.82) is 0 Å². The first-order valence-electron chi connectivity index (χ1n) is 5.90. The van der Waals surface area contributed by atoms with E-state index < -0.39 is 17.3 Å². The zero-order valence-corrected chi connectivity index (χ0v) is 10.7. The van der Waals surface area contributed by atoms with Crippen molar-refractivity contribution in [2.24, 2.45) is 7.05 Å². The van der Waals surface area contributed by atoms with E-state index in [9.17, 15) is 13.6 Å². The summed E-state index contributed by atoms with van der Waals surface area (Å²) < 4.78 is 28.9. The molecule has 5 nitrogen and oxygen atoms in total. The van der Waals surface area contributed by atoms with Crippen LogP contribution in [0, 0.1) is 11.6 Å². The van der Waals surface area contributed by atoms with E-state index in [1.54, 1.807) is 0 Å². The highest BCUT2D eigenvalue weighted by molar-refractivity contribution is 5.41. The topological polar surface area (TPSA) is 51.9 Å². The average Bonchev–Trinajstić information content (AvgIpc) is 2.64. The zero-order valence-electron chi connectivity index (χ0n) is 10.7. The fourth-order valence-electron chi connectivity index (χ4n) is 1.70. The van der Waals surface area contributed by atoms with Gasteiger partial charge in [0.15, 0.2) is 0 Å². The number of hydrogen-bond acceptors (Lipinski definition) is 3. The molecule has 102 valence electrons. The largest absolute Gasteiger partial charge is 0.354 e. The molecule has 0 aliphatic carbocycles. The number of nitrogens with zero attached hydrogens (tertiary/aromatic N) is 3. The molecule has 0 atom stereocenters. The van der Waals surface area contributed by atoms with E-state index in [-0.39, 0.29) is 11.6 Å². The molecule has 19 heavy (non-hydrogen) atoms. The van der Waals surface area contributed by atoms with E-state index in [1.165, 1.54) is 13.1 Å². The number of aryl methyl sites for hydroxylation is 1. The Morgan fingerprint density at radius 3 is 2.74 bits per heavy atom. The molecule has 0 aliphatic rings. The summed E-state index contributed by atoms with van der Waals surface area (Å²) in [4.78, 5) is 12.0. The van der Waals surface area contributed by atoms with E-state index in [0.717, 1.165) is 27.8 Å². The third-order valence-electron chi connectivity index (χ3n) is 2.61. The predicted molar refractivity (Wildman–Crippen MR) is 67.5 cm³/mol.